The van der Waals surface area contributed by atoms with E-state index < -0.39 is 6.04 Å². The summed E-state index contributed by atoms with van der Waals surface area (Å²) in [5.41, 5.74) is 8.29. The van der Waals surface area contributed by atoms with Crippen LogP contribution in [0.1, 0.15) is 67.8 Å². The minimum Gasteiger partial charge on any atom is -0.378 e. The number of halogens is 1. The van der Waals surface area contributed by atoms with Gasteiger partial charge in [-0.2, -0.15) is 5.10 Å². The predicted octanol–water partition coefficient (Wildman–Crippen LogP) is 3.11. The molecule has 1 aromatic carbocycles. The molecule has 0 bridgehead atoms. The van der Waals surface area contributed by atoms with E-state index in [0.717, 1.165) is 36.8 Å². The average Bonchev–Trinajstić information content (AvgIpc) is 3.70. The fourth-order valence-electron chi connectivity index (χ4n) is 7.88. The number of likely N-dealkylation sites (tertiary alicyclic amines) is 1. The summed E-state index contributed by atoms with van der Waals surface area (Å²) in [4.78, 5) is 80.1. The van der Waals surface area contributed by atoms with Crippen molar-refractivity contribution in [2.24, 2.45) is 11.1 Å². The number of carbonyl (C=O) groups excluding carboxylic acids is 5. The number of nitrogens with two attached hydrogens (primary N) is 1. The highest BCUT2D eigenvalue weighted by Gasteiger charge is 2.66. The molecule has 0 spiro atoms. The Kier molecular flexibility index (Phi) is 17.4. The number of pyridine rings is 1. The second kappa shape index (κ2) is 23.1. The molecule has 20 heteroatoms. The summed E-state index contributed by atoms with van der Waals surface area (Å²) in [5, 5.41) is 13.6. The molecule has 4 aromatic rings. The fourth-order valence-corrected chi connectivity index (χ4v) is 8.19. The van der Waals surface area contributed by atoms with Gasteiger partial charge in [0.1, 0.15) is 47.7 Å². The summed E-state index contributed by atoms with van der Waals surface area (Å²) in [6.07, 6.45) is 7.68. The number of aromatic nitrogens is 5. The van der Waals surface area contributed by atoms with Crippen LogP contribution in [0.15, 0.2) is 47.3 Å². The lowest BCUT2D eigenvalue weighted by atomic mass is 9.93. The van der Waals surface area contributed by atoms with Gasteiger partial charge >= 0.3 is 0 Å². The first-order valence-corrected chi connectivity index (χ1v) is 22.3. The summed E-state index contributed by atoms with van der Waals surface area (Å²) in [5.74, 6) is -0.543. The highest BCUT2D eigenvalue weighted by atomic mass is 79.9. The third-order valence-corrected chi connectivity index (χ3v) is 11.7. The van der Waals surface area contributed by atoms with Crippen LogP contribution >= 0.6 is 15.9 Å². The molecule has 1 saturated heterocycles. The number of hydrogen-bond acceptors (Lipinski definition) is 14. The number of benzene rings is 1. The van der Waals surface area contributed by atoms with E-state index in [1.165, 1.54) is 6.92 Å². The van der Waals surface area contributed by atoms with E-state index in [0.29, 0.717) is 72.0 Å². The maximum Gasteiger partial charge on any atom is 0.248 e. The number of hydrogen-bond donors (Lipinski definition) is 4. The van der Waals surface area contributed by atoms with Crippen LogP contribution in [-0.2, 0) is 51.2 Å². The molecule has 2 fully saturated rings. The Hall–Kier alpha value is -5.25. The smallest absolute Gasteiger partial charge is 0.248 e. The van der Waals surface area contributed by atoms with Crippen LogP contribution in [0.25, 0.3) is 22.0 Å². The van der Waals surface area contributed by atoms with Gasteiger partial charge in [0.2, 0.25) is 23.6 Å². The van der Waals surface area contributed by atoms with Crippen molar-refractivity contribution >= 4 is 62.1 Å². The van der Waals surface area contributed by atoms with E-state index in [2.05, 4.69) is 58.9 Å². The quantitative estimate of drug-likeness (QED) is 0.0402. The van der Waals surface area contributed by atoms with Crippen LogP contribution in [-0.4, -0.2) is 137 Å². The second-order valence-corrected chi connectivity index (χ2v) is 16.7. The van der Waals surface area contributed by atoms with Crippen molar-refractivity contribution < 1.29 is 42.9 Å². The van der Waals surface area contributed by atoms with Crippen LogP contribution in [0.5, 0.6) is 0 Å². The first-order chi connectivity index (χ1) is 30.9. The molecule has 19 nitrogen and oxygen atoms in total. The lowest BCUT2D eigenvalue weighted by molar-refractivity contribution is -0.138. The molecule has 0 radical (unpaired) electrons. The summed E-state index contributed by atoms with van der Waals surface area (Å²) >= 11 is 3.38. The highest BCUT2D eigenvalue weighted by Crippen LogP contribution is 2.62. The summed E-state index contributed by atoms with van der Waals surface area (Å²) < 4.78 is 23.3. The molecular formula is C44H57BrN10O9. The molecule has 1 saturated carbocycles. The minimum atomic E-state index is -0.663. The van der Waals surface area contributed by atoms with Gasteiger partial charge in [-0.1, -0.05) is 31.9 Å². The molecule has 0 unspecified atom stereocenters. The largest absolute Gasteiger partial charge is 0.378 e. The third kappa shape index (κ3) is 12.7. The van der Waals surface area contributed by atoms with E-state index in [1.54, 1.807) is 22.0 Å². The average molecular weight is 950 g/mol. The van der Waals surface area contributed by atoms with Gasteiger partial charge in [-0.25, -0.2) is 15.0 Å². The lowest BCUT2D eigenvalue weighted by Gasteiger charge is -2.27. The zero-order valence-electron chi connectivity index (χ0n) is 36.5. The second-order valence-electron chi connectivity index (χ2n) is 15.9. The van der Waals surface area contributed by atoms with E-state index in [-0.39, 0.29) is 92.7 Å². The Morgan fingerprint density at radius 2 is 1.59 bits per heavy atom. The van der Waals surface area contributed by atoms with Crippen LogP contribution in [0.4, 0.5) is 5.82 Å². The van der Waals surface area contributed by atoms with E-state index in [4.69, 9.17) is 24.7 Å². The number of rotatable bonds is 26. The number of amides is 4. The van der Waals surface area contributed by atoms with Crippen LogP contribution < -0.4 is 21.7 Å². The first-order valence-electron chi connectivity index (χ1n) is 21.6. The summed E-state index contributed by atoms with van der Waals surface area (Å²) in [6, 6.07) is 8.46. The Morgan fingerprint density at radius 1 is 0.891 bits per heavy atom. The van der Waals surface area contributed by atoms with Crippen molar-refractivity contribution in [3.05, 3.63) is 64.4 Å². The lowest BCUT2D eigenvalue weighted by Crippen LogP contribution is -2.47. The molecule has 64 heavy (non-hydrogen) atoms. The number of fused-ring (bicyclic) bond motifs is 2. The topological polar surface area (TPSA) is 244 Å². The molecule has 3 atom stereocenters. The maximum atomic E-state index is 14.3. The fraction of sp³-hybridized carbons (Fsp3) is 0.523. The Bertz CT molecular complexity index is 2280. The molecule has 5 N–H and O–H groups in total. The van der Waals surface area contributed by atoms with Crippen LogP contribution in [0.3, 0.4) is 0 Å². The molecule has 1 aliphatic heterocycles. The van der Waals surface area contributed by atoms with Gasteiger partial charge in [0.05, 0.1) is 51.7 Å². The number of carbonyl (C=O) groups is 5. The standard InChI is InChI=1S/C44H57BrN10O9/c1-4-5-10-44-20-34(43(60)52-42-28(2)6-9-36(45)51-42)55(35(44)21-44)40(59)25-54-33-8-7-30(19-32(33)41(53-54)29(3)56)31-22-48-37(49-23-31)24-50-39(58)27-64-18-16-62-14-12-47-38(57)26-63-17-15-61-13-11-46/h6-9,19,22-23,34-35H,4-5,10-18,20-21,24-27,46H2,1-3H3,(H,47,57)(H,50,58)(H,51,52,60)/t34-,35+,44-/m0/s1. The number of ketones is 1. The molecule has 344 valence electrons. The molecule has 4 amide bonds. The van der Waals surface area contributed by atoms with Gasteiger partial charge in [0.25, 0.3) is 0 Å². The highest BCUT2D eigenvalue weighted by molar-refractivity contribution is 9.10. The van der Waals surface area contributed by atoms with Gasteiger partial charge in [0, 0.05) is 49.4 Å². The molecule has 4 heterocycles. The van der Waals surface area contributed by atoms with Crippen LogP contribution in [0.2, 0.25) is 0 Å². The van der Waals surface area contributed by atoms with Crippen molar-refractivity contribution in [3.63, 3.8) is 0 Å². The molecular weight excluding hydrogens is 892 g/mol. The SMILES string of the molecule is CCCC[C@@]12C[C@@H](C(=O)Nc3nc(Br)ccc3C)N(C(=O)Cn3nc(C(C)=O)c4cc(-c5cnc(CNC(=O)COCCOCCNC(=O)COCCOCCN)nc5)ccc43)[C@@H]1C2. The number of anilines is 1. The van der Waals surface area contributed by atoms with E-state index in [9.17, 15) is 24.0 Å². The van der Waals surface area contributed by atoms with Gasteiger partial charge in [-0.05, 0) is 76.9 Å². The number of nitrogens with zero attached hydrogens (tertiary/aromatic N) is 6. The Morgan fingerprint density at radius 3 is 2.30 bits per heavy atom. The number of unbranched alkanes of at least 4 members (excludes halogenated alkanes) is 1. The monoisotopic (exact) mass is 948 g/mol. The summed E-state index contributed by atoms with van der Waals surface area (Å²) in [7, 11) is 0. The van der Waals surface area contributed by atoms with Gasteiger partial charge in [-0.3, -0.25) is 28.7 Å². The van der Waals surface area contributed by atoms with Gasteiger partial charge in [-0.15, -0.1) is 0 Å². The molecule has 3 aromatic heterocycles. The minimum absolute atomic E-state index is 0.0421. The number of ether oxygens (including phenoxy) is 4. The van der Waals surface area contributed by atoms with Gasteiger partial charge in [0.15, 0.2) is 5.78 Å². The zero-order valence-corrected chi connectivity index (χ0v) is 38.1. The molecule has 6 rings (SSSR count). The van der Waals surface area contributed by atoms with Crippen LogP contribution in [0, 0.1) is 12.3 Å². The maximum absolute atomic E-state index is 14.3. The number of Topliss-reactive ketones (excluding diaryl/α,β-unsaturated/α-hetero) is 1. The van der Waals surface area contributed by atoms with Crippen molar-refractivity contribution in [3.8, 4) is 11.1 Å². The third-order valence-electron chi connectivity index (χ3n) is 11.2. The first kappa shape index (κ1) is 48.2. The molecule has 2 aliphatic rings. The predicted molar refractivity (Wildman–Crippen MR) is 239 cm³/mol. The number of nitrogens with one attached hydrogen (secondary N) is 3. The van der Waals surface area contributed by atoms with Crippen molar-refractivity contribution in [2.75, 3.05) is 71.3 Å². The normalized spacial score (nSPS) is 17.6. The number of aryl methyl sites for hydroxylation is 1. The van der Waals surface area contributed by atoms with E-state index in [1.807, 2.05) is 37.3 Å². The molecule has 1 aliphatic carbocycles. The Labute approximate surface area is 380 Å². The van der Waals surface area contributed by atoms with E-state index >= 15 is 0 Å². The zero-order chi connectivity index (χ0) is 45.6. The van der Waals surface area contributed by atoms with Crippen molar-refractivity contribution in [1.29, 1.82) is 0 Å². The van der Waals surface area contributed by atoms with Crippen molar-refractivity contribution in [2.45, 2.75) is 78.0 Å². The van der Waals surface area contributed by atoms with Gasteiger partial charge < -0.3 is 45.5 Å². The van der Waals surface area contributed by atoms with Crippen molar-refractivity contribution in [1.82, 2.24) is 40.3 Å². The Balaban J connectivity index is 0.986. The summed E-state index contributed by atoms with van der Waals surface area (Å²) in [6.45, 7) is 7.70. The number of piperidine rings is 1.